The van der Waals surface area contributed by atoms with E-state index < -0.39 is 6.10 Å². The third kappa shape index (κ3) is 4.24. The summed E-state index contributed by atoms with van der Waals surface area (Å²) in [6.45, 7) is 0.749. The Kier molecular flexibility index (Phi) is 5.51. The van der Waals surface area contributed by atoms with Gasteiger partial charge in [0.15, 0.2) is 0 Å². The second-order valence-electron chi connectivity index (χ2n) is 6.52. The summed E-state index contributed by atoms with van der Waals surface area (Å²) in [5.41, 5.74) is 1.05. The zero-order valence-corrected chi connectivity index (χ0v) is 13.4. The predicted octanol–water partition coefficient (Wildman–Crippen LogP) is 2.51. The number of ether oxygens (including phenoxy) is 1. The topological polar surface area (TPSA) is 70.6 Å². The predicted molar refractivity (Wildman–Crippen MR) is 88.1 cm³/mol. The number of hydrogen-bond acceptors (Lipinski definition) is 3. The second kappa shape index (κ2) is 7.79. The van der Waals surface area contributed by atoms with E-state index in [1.165, 1.54) is 0 Å². The van der Waals surface area contributed by atoms with Crippen LogP contribution in [0.2, 0.25) is 0 Å². The van der Waals surface area contributed by atoms with Crippen LogP contribution < -0.4 is 10.6 Å². The Labute approximate surface area is 137 Å². The number of rotatable bonds is 4. The molecular formula is C18H26N2O3. The van der Waals surface area contributed by atoms with Gasteiger partial charge < -0.3 is 20.5 Å². The van der Waals surface area contributed by atoms with E-state index in [2.05, 4.69) is 10.6 Å². The average Bonchev–Trinajstić information content (AvgIpc) is 3.10. The van der Waals surface area contributed by atoms with E-state index in [4.69, 9.17) is 4.74 Å². The van der Waals surface area contributed by atoms with Crippen molar-refractivity contribution in [1.29, 1.82) is 0 Å². The molecule has 126 valence electrons. The fourth-order valence-corrected chi connectivity index (χ4v) is 3.55. The van der Waals surface area contributed by atoms with Crippen LogP contribution in [-0.2, 0) is 4.74 Å². The maximum Gasteiger partial charge on any atom is 0.315 e. The first-order valence-electron chi connectivity index (χ1n) is 8.65. The van der Waals surface area contributed by atoms with Crippen molar-refractivity contribution in [1.82, 2.24) is 10.6 Å². The van der Waals surface area contributed by atoms with Crippen molar-refractivity contribution in [2.75, 3.05) is 6.61 Å². The molecule has 3 N–H and O–H groups in total. The standard InChI is InChI=1S/C18H26N2O3/c21-15-10-5-4-9-14(15)19-18(22)20-17(16-11-6-12-23-16)13-7-2-1-3-8-13/h1-3,7-8,14-17,21H,4-6,9-12H2,(H2,19,20,22)/t14-,15+,16-,17+/m1/s1. The molecule has 3 rings (SSSR count). The molecule has 1 aliphatic heterocycles. The number of aliphatic hydroxyl groups excluding tert-OH is 1. The number of urea groups is 1. The van der Waals surface area contributed by atoms with E-state index in [-0.39, 0.29) is 24.2 Å². The molecule has 0 aromatic heterocycles. The minimum Gasteiger partial charge on any atom is -0.391 e. The highest BCUT2D eigenvalue weighted by atomic mass is 16.5. The van der Waals surface area contributed by atoms with Gasteiger partial charge in [0.25, 0.3) is 0 Å². The summed E-state index contributed by atoms with van der Waals surface area (Å²) in [5, 5.41) is 16.0. The minimum absolute atomic E-state index is 0.0134. The molecule has 1 saturated carbocycles. The van der Waals surface area contributed by atoms with Crippen molar-refractivity contribution in [3.05, 3.63) is 35.9 Å². The molecule has 1 aromatic carbocycles. The average molecular weight is 318 g/mol. The molecule has 2 amide bonds. The summed E-state index contributed by atoms with van der Waals surface area (Å²) in [7, 11) is 0. The van der Waals surface area contributed by atoms with Gasteiger partial charge in [0.1, 0.15) is 0 Å². The van der Waals surface area contributed by atoms with Gasteiger partial charge in [-0.1, -0.05) is 43.2 Å². The fraction of sp³-hybridized carbons (Fsp3) is 0.611. The first-order chi connectivity index (χ1) is 11.2. The Morgan fingerprint density at radius 1 is 1.13 bits per heavy atom. The van der Waals surface area contributed by atoms with Gasteiger partial charge in [0.05, 0.1) is 24.3 Å². The monoisotopic (exact) mass is 318 g/mol. The van der Waals surface area contributed by atoms with Crippen LogP contribution in [-0.4, -0.2) is 36.0 Å². The number of aliphatic hydroxyl groups is 1. The molecule has 0 bridgehead atoms. The number of carbonyl (C=O) groups excluding carboxylic acids is 1. The van der Waals surface area contributed by atoms with Gasteiger partial charge in [-0.05, 0) is 31.2 Å². The molecule has 1 aliphatic carbocycles. The number of carbonyl (C=O) groups is 1. The lowest BCUT2D eigenvalue weighted by atomic mass is 9.93. The molecule has 2 aliphatic rings. The van der Waals surface area contributed by atoms with Crippen LogP contribution in [0.3, 0.4) is 0 Å². The Bertz CT molecular complexity index is 502. The second-order valence-corrected chi connectivity index (χ2v) is 6.52. The van der Waals surface area contributed by atoms with Crippen molar-refractivity contribution < 1.29 is 14.6 Å². The van der Waals surface area contributed by atoms with E-state index in [0.29, 0.717) is 0 Å². The van der Waals surface area contributed by atoms with Gasteiger partial charge in [0.2, 0.25) is 0 Å². The highest BCUT2D eigenvalue weighted by molar-refractivity contribution is 5.75. The van der Waals surface area contributed by atoms with Crippen LogP contribution in [0.4, 0.5) is 4.79 Å². The molecule has 0 spiro atoms. The molecule has 0 radical (unpaired) electrons. The molecule has 2 fully saturated rings. The van der Waals surface area contributed by atoms with Crippen molar-refractivity contribution in [2.24, 2.45) is 0 Å². The van der Waals surface area contributed by atoms with Crippen molar-refractivity contribution >= 4 is 6.03 Å². The smallest absolute Gasteiger partial charge is 0.315 e. The van der Waals surface area contributed by atoms with Gasteiger partial charge in [0, 0.05) is 6.61 Å². The Morgan fingerprint density at radius 2 is 1.91 bits per heavy atom. The van der Waals surface area contributed by atoms with E-state index in [1.807, 2.05) is 30.3 Å². The lowest BCUT2D eigenvalue weighted by molar-refractivity contribution is 0.0766. The molecular weight excluding hydrogens is 292 g/mol. The van der Waals surface area contributed by atoms with Crippen LogP contribution in [0.1, 0.15) is 50.1 Å². The number of hydrogen-bond donors (Lipinski definition) is 3. The largest absolute Gasteiger partial charge is 0.391 e. The van der Waals surface area contributed by atoms with Crippen molar-refractivity contribution in [2.45, 2.75) is 62.8 Å². The van der Waals surface area contributed by atoms with Gasteiger partial charge in [-0.15, -0.1) is 0 Å². The molecule has 4 atom stereocenters. The number of amides is 2. The third-order valence-corrected chi connectivity index (χ3v) is 4.83. The van der Waals surface area contributed by atoms with Crippen LogP contribution in [0.25, 0.3) is 0 Å². The maximum atomic E-state index is 12.4. The normalized spacial score (nSPS) is 29.0. The van der Waals surface area contributed by atoms with Crippen LogP contribution in [0.15, 0.2) is 30.3 Å². The summed E-state index contributed by atoms with van der Waals surface area (Å²) < 4.78 is 5.79. The van der Waals surface area contributed by atoms with Crippen molar-refractivity contribution in [3.63, 3.8) is 0 Å². The first-order valence-corrected chi connectivity index (χ1v) is 8.65. The lowest BCUT2D eigenvalue weighted by Crippen LogP contribution is -2.50. The molecule has 1 heterocycles. The lowest BCUT2D eigenvalue weighted by Gasteiger charge is -2.30. The third-order valence-electron chi connectivity index (χ3n) is 4.83. The number of benzene rings is 1. The van der Waals surface area contributed by atoms with Crippen LogP contribution in [0, 0.1) is 0 Å². The zero-order chi connectivity index (χ0) is 16.1. The van der Waals surface area contributed by atoms with Gasteiger partial charge in [-0.25, -0.2) is 4.79 Å². The zero-order valence-electron chi connectivity index (χ0n) is 13.4. The maximum absolute atomic E-state index is 12.4. The molecule has 5 nitrogen and oxygen atoms in total. The highest BCUT2D eigenvalue weighted by Crippen LogP contribution is 2.27. The van der Waals surface area contributed by atoms with E-state index >= 15 is 0 Å². The molecule has 5 heteroatoms. The summed E-state index contributed by atoms with van der Waals surface area (Å²) in [4.78, 5) is 12.4. The molecule has 1 aromatic rings. The molecule has 0 unspecified atom stereocenters. The van der Waals surface area contributed by atoms with Crippen LogP contribution >= 0.6 is 0 Å². The summed E-state index contributed by atoms with van der Waals surface area (Å²) in [6, 6.07) is 9.42. The summed E-state index contributed by atoms with van der Waals surface area (Å²) in [6.07, 6.45) is 5.24. The highest BCUT2D eigenvalue weighted by Gasteiger charge is 2.30. The molecule has 1 saturated heterocycles. The first kappa shape index (κ1) is 16.3. The Morgan fingerprint density at radius 3 is 2.61 bits per heavy atom. The van der Waals surface area contributed by atoms with Gasteiger partial charge in [-0.2, -0.15) is 0 Å². The van der Waals surface area contributed by atoms with Crippen molar-refractivity contribution in [3.8, 4) is 0 Å². The SMILES string of the molecule is O=C(N[C@@H]1CCCC[C@@H]1O)N[C@@H](c1ccccc1)[C@H]1CCCO1. The van der Waals surface area contributed by atoms with Crippen LogP contribution in [0.5, 0.6) is 0 Å². The van der Waals surface area contributed by atoms with E-state index in [0.717, 1.165) is 50.7 Å². The molecule has 23 heavy (non-hydrogen) atoms. The number of nitrogens with one attached hydrogen (secondary N) is 2. The van der Waals surface area contributed by atoms with E-state index in [1.54, 1.807) is 0 Å². The fourth-order valence-electron chi connectivity index (χ4n) is 3.55. The summed E-state index contributed by atoms with van der Waals surface area (Å²) in [5.74, 6) is 0. The minimum atomic E-state index is -0.438. The van der Waals surface area contributed by atoms with Gasteiger partial charge >= 0.3 is 6.03 Å². The van der Waals surface area contributed by atoms with Gasteiger partial charge in [-0.3, -0.25) is 0 Å². The quantitative estimate of drug-likeness (QED) is 0.799. The Balaban J connectivity index is 1.64. The van der Waals surface area contributed by atoms with E-state index in [9.17, 15) is 9.90 Å². The summed E-state index contributed by atoms with van der Waals surface area (Å²) >= 11 is 0. The Hall–Kier alpha value is -1.59.